The third kappa shape index (κ3) is 2.97. The summed E-state index contributed by atoms with van der Waals surface area (Å²) in [6.45, 7) is 1.34. The Morgan fingerprint density at radius 3 is 2.55 bits per heavy atom. The number of hydrogen-bond acceptors (Lipinski definition) is 3. The number of likely N-dealkylation sites (N-methyl/N-ethyl adjacent to an activating group) is 1. The second kappa shape index (κ2) is 7.16. The van der Waals surface area contributed by atoms with Crippen LogP contribution in [-0.4, -0.2) is 35.2 Å². The normalized spacial score (nSPS) is 20.9. The summed E-state index contributed by atoms with van der Waals surface area (Å²) in [4.78, 5) is 31.7. The Balaban J connectivity index is 1.58. The Hall–Kier alpha value is -2.92. The van der Waals surface area contributed by atoms with E-state index in [4.69, 9.17) is 0 Å². The van der Waals surface area contributed by atoms with Gasteiger partial charge in [0.2, 0.25) is 5.91 Å². The molecule has 4 nitrogen and oxygen atoms in total. The van der Waals surface area contributed by atoms with Crippen molar-refractivity contribution in [2.75, 3.05) is 13.6 Å². The van der Waals surface area contributed by atoms with E-state index in [9.17, 15) is 9.59 Å². The Bertz CT molecular complexity index is 1080. The van der Waals surface area contributed by atoms with Gasteiger partial charge in [0.1, 0.15) is 0 Å². The zero-order chi connectivity index (χ0) is 20.0. The first-order valence-electron chi connectivity index (χ1n) is 9.90. The van der Waals surface area contributed by atoms with Gasteiger partial charge in [0.15, 0.2) is 0 Å². The van der Waals surface area contributed by atoms with Gasteiger partial charge in [-0.3, -0.25) is 9.59 Å². The maximum Gasteiger partial charge on any atom is 0.254 e. The molecule has 2 atom stereocenters. The van der Waals surface area contributed by atoms with Crippen LogP contribution in [0, 0.1) is 0 Å². The van der Waals surface area contributed by atoms with Crippen molar-refractivity contribution in [1.82, 2.24) is 9.80 Å². The van der Waals surface area contributed by atoms with Gasteiger partial charge >= 0.3 is 0 Å². The van der Waals surface area contributed by atoms with E-state index < -0.39 is 5.92 Å². The topological polar surface area (TPSA) is 40.6 Å². The number of nitrogens with zero attached hydrogens (tertiary/aromatic N) is 2. The molecule has 5 rings (SSSR count). The molecule has 2 amide bonds. The molecule has 29 heavy (non-hydrogen) atoms. The Labute approximate surface area is 174 Å². The Kier molecular flexibility index (Phi) is 4.47. The monoisotopic (exact) mass is 402 g/mol. The number of benzene rings is 2. The third-order valence-corrected chi connectivity index (χ3v) is 7.07. The molecule has 2 aliphatic heterocycles. The van der Waals surface area contributed by atoms with Crippen LogP contribution in [-0.2, 0) is 17.8 Å². The molecule has 0 saturated heterocycles. The van der Waals surface area contributed by atoms with Gasteiger partial charge in [-0.2, -0.15) is 0 Å². The molecule has 3 aromatic rings. The van der Waals surface area contributed by atoms with Gasteiger partial charge in [-0.1, -0.05) is 48.5 Å². The highest BCUT2D eigenvalue weighted by Gasteiger charge is 2.44. The number of thiophene rings is 1. The molecule has 3 heterocycles. The Morgan fingerprint density at radius 1 is 1.00 bits per heavy atom. The Morgan fingerprint density at radius 2 is 1.76 bits per heavy atom. The zero-order valence-corrected chi connectivity index (χ0v) is 17.1. The van der Waals surface area contributed by atoms with Crippen LogP contribution in [0.2, 0.25) is 0 Å². The lowest BCUT2D eigenvalue weighted by atomic mass is 9.81. The minimum absolute atomic E-state index is 0.0213. The number of fused-ring (bicyclic) bond motifs is 2. The molecule has 5 heteroatoms. The van der Waals surface area contributed by atoms with E-state index in [0.29, 0.717) is 18.7 Å². The predicted octanol–water partition coefficient (Wildman–Crippen LogP) is 4.24. The first-order chi connectivity index (χ1) is 14.1. The average molecular weight is 403 g/mol. The van der Waals surface area contributed by atoms with Gasteiger partial charge in [0.25, 0.3) is 5.91 Å². The lowest BCUT2D eigenvalue weighted by molar-refractivity contribution is -0.135. The number of amides is 2. The van der Waals surface area contributed by atoms with Crippen LogP contribution in [0.3, 0.4) is 0 Å². The molecule has 0 N–H and O–H groups in total. The van der Waals surface area contributed by atoms with Gasteiger partial charge in [0.05, 0.1) is 12.0 Å². The summed E-state index contributed by atoms with van der Waals surface area (Å²) >= 11 is 1.60. The van der Waals surface area contributed by atoms with E-state index >= 15 is 0 Å². The van der Waals surface area contributed by atoms with Crippen LogP contribution in [0.1, 0.15) is 43.9 Å². The molecule has 0 spiro atoms. The predicted molar refractivity (Wildman–Crippen MR) is 114 cm³/mol. The van der Waals surface area contributed by atoms with Crippen LogP contribution >= 0.6 is 11.3 Å². The molecule has 0 unspecified atom stereocenters. The summed E-state index contributed by atoms with van der Waals surface area (Å²) < 4.78 is 0. The van der Waals surface area contributed by atoms with Gasteiger partial charge in [0, 0.05) is 30.6 Å². The zero-order valence-electron chi connectivity index (χ0n) is 16.2. The van der Waals surface area contributed by atoms with Gasteiger partial charge < -0.3 is 9.80 Å². The van der Waals surface area contributed by atoms with Crippen molar-refractivity contribution >= 4 is 23.2 Å². The quantitative estimate of drug-likeness (QED) is 0.643. The number of rotatable bonds is 2. The summed E-state index contributed by atoms with van der Waals surface area (Å²) in [5, 5.41) is 2.01. The fourth-order valence-corrected chi connectivity index (χ4v) is 5.54. The highest BCUT2D eigenvalue weighted by Crippen LogP contribution is 2.44. The van der Waals surface area contributed by atoms with E-state index in [2.05, 4.69) is 18.2 Å². The minimum Gasteiger partial charge on any atom is -0.337 e. The van der Waals surface area contributed by atoms with E-state index in [1.807, 2.05) is 59.8 Å². The van der Waals surface area contributed by atoms with Gasteiger partial charge in [-0.15, -0.1) is 11.3 Å². The lowest BCUT2D eigenvalue weighted by Gasteiger charge is -2.41. The van der Waals surface area contributed by atoms with Crippen LogP contribution < -0.4 is 0 Å². The maximum atomic E-state index is 13.9. The first kappa shape index (κ1) is 18.1. The lowest BCUT2D eigenvalue weighted by Crippen LogP contribution is -2.47. The number of hydrogen-bond donors (Lipinski definition) is 0. The van der Waals surface area contributed by atoms with Crippen molar-refractivity contribution in [2.45, 2.75) is 24.9 Å². The van der Waals surface area contributed by atoms with Crippen molar-refractivity contribution in [3.63, 3.8) is 0 Å². The molecular weight excluding hydrogens is 380 g/mol. The van der Waals surface area contributed by atoms with Gasteiger partial charge in [-0.05, 0) is 40.6 Å². The van der Waals surface area contributed by atoms with Crippen molar-refractivity contribution in [2.24, 2.45) is 0 Å². The van der Waals surface area contributed by atoms with E-state index in [1.54, 1.807) is 16.2 Å². The standard InChI is InChI=1S/C24H22N2O2S/c1-25-22(20-11-6-14-29-20)21(18-9-4-5-10-19(18)23(25)27)24(28)26-13-12-16-7-2-3-8-17(16)15-26/h2-11,14,21-22H,12-13,15H2,1H3/t21-,22+/m0/s1. The second-order valence-corrected chi connectivity index (χ2v) is 8.70. The molecule has 2 aromatic carbocycles. The fourth-order valence-electron chi connectivity index (χ4n) is 4.64. The van der Waals surface area contributed by atoms with Crippen LogP contribution in [0.15, 0.2) is 66.0 Å². The van der Waals surface area contributed by atoms with E-state index in [1.165, 1.54) is 11.1 Å². The molecule has 2 aliphatic rings. The van der Waals surface area contributed by atoms with Crippen molar-refractivity contribution in [3.05, 3.63) is 93.2 Å². The highest BCUT2D eigenvalue weighted by atomic mass is 32.1. The van der Waals surface area contributed by atoms with E-state index in [-0.39, 0.29) is 17.9 Å². The second-order valence-electron chi connectivity index (χ2n) is 7.72. The molecule has 0 saturated carbocycles. The average Bonchev–Trinajstić information content (AvgIpc) is 3.29. The summed E-state index contributed by atoms with van der Waals surface area (Å²) in [6, 6.07) is 19.7. The minimum atomic E-state index is -0.391. The summed E-state index contributed by atoms with van der Waals surface area (Å²) in [7, 11) is 1.81. The molecule has 0 fully saturated rings. The molecule has 0 aliphatic carbocycles. The third-order valence-electron chi connectivity index (χ3n) is 6.12. The summed E-state index contributed by atoms with van der Waals surface area (Å²) in [5.74, 6) is -0.311. The van der Waals surface area contributed by atoms with Crippen LogP contribution in [0.5, 0.6) is 0 Å². The van der Waals surface area contributed by atoms with Crippen molar-refractivity contribution < 1.29 is 9.59 Å². The highest BCUT2D eigenvalue weighted by molar-refractivity contribution is 7.10. The largest absolute Gasteiger partial charge is 0.337 e. The maximum absolute atomic E-state index is 13.9. The van der Waals surface area contributed by atoms with E-state index in [0.717, 1.165) is 16.9 Å². The first-order valence-corrected chi connectivity index (χ1v) is 10.8. The molecular formula is C24H22N2O2S. The molecule has 0 bridgehead atoms. The SMILES string of the molecule is CN1C(=O)c2ccccc2[C@H](C(=O)N2CCc3ccccc3C2)[C@H]1c1cccs1. The summed E-state index contributed by atoms with van der Waals surface area (Å²) in [6.07, 6.45) is 0.870. The smallest absolute Gasteiger partial charge is 0.254 e. The summed E-state index contributed by atoms with van der Waals surface area (Å²) in [5.41, 5.74) is 4.02. The fraction of sp³-hybridized carbons (Fsp3) is 0.250. The van der Waals surface area contributed by atoms with Gasteiger partial charge in [-0.25, -0.2) is 0 Å². The molecule has 146 valence electrons. The van der Waals surface area contributed by atoms with Crippen LogP contribution in [0.25, 0.3) is 0 Å². The number of carbonyl (C=O) groups is 2. The number of carbonyl (C=O) groups excluding carboxylic acids is 2. The van der Waals surface area contributed by atoms with Crippen molar-refractivity contribution in [3.8, 4) is 0 Å². The molecule has 1 aromatic heterocycles. The van der Waals surface area contributed by atoms with Crippen molar-refractivity contribution in [1.29, 1.82) is 0 Å². The van der Waals surface area contributed by atoms with Crippen LogP contribution in [0.4, 0.5) is 0 Å². The molecule has 0 radical (unpaired) electrons.